The van der Waals surface area contributed by atoms with Gasteiger partial charge in [0.05, 0.1) is 12.3 Å². The SMILES string of the molecule is CC(C)COc1cccc(CN2CCC3(CC2)CCN(C(=O)c2ccncc2)CC3)n1. The molecular formula is C25H34N4O2. The lowest BCUT2D eigenvalue weighted by Crippen LogP contribution is -2.48. The first-order chi connectivity index (χ1) is 15.0. The molecule has 1 spiro atoms. The number of nitrogens with zero attached hydrogens (tertiary/aromatic N) is 4. The van der Waals surface area contributed by atoms with Crippen molar-refractivity contribution in [2.75, 3.05) is 32.8 Å². The van der Waals surface area contributed by atoms with Crippen molar-refractivity contribution in [3.05, 3.63) is 54.0 Å². The minimum Gasteiger partial charge on any atom is -0.477 e. The maximum absolute atomic E-state index is 12.7. The number of carbonyl (C=O) groups excluding carboxylic acids is 1. The highest BCUT2D eigenvalue weighted by molar-refractivity contribution is 5.94. The third-order valence-corrected chi connectivity index (χ3v) is 6.69. The molecule has 4 heterocycles. The summed E-state index contributed by atoms with van der Waals surface area (Å²) in [6.07, 6.45) is 8.00. The van der Waals surface area contributed by atoms with Crippen LogP contribution in [0.15, 0.2) is 42.7 Å². The van der Waals surface area contributed by atoms with Gasteiger partial charge in [0.25, 0.3) is 5.91 Å². The van der Waals surface area contributed by atoms with E-state index in [1.165, 1.54) is 12.8 Å². The van der Waals surface area contributed by atoms with E-state index in [2.05, 4.69) is 34.8 Å². The Kier molecular flexibility index (Phi) is 6.86. The summed E-state index contributed by atoms with van der Waals surface area (Å²) >= 11 is 0. The van der Waals surface area contributed by atoms with Crippen LogP contribution in [0, 0.1) is 11.3 Å². The van der Waals surface area contributed by atoms with Gasteiger partial charge in [0, 0.05) is 43.7 Å². The monoisotopic (exact) mass is 422 g/mol. The normalized spacial score (nSPS) is 19.0. The lowest BCUT2D eigenvalue weighted by atomic mass is 9.71. The number of aromatic nitrogens is 2. The second kappa shape index (κ2) is 9.77. The highest BCUT2D eigenvalue weighted by Crippen LogP contribution is 2.41. The number of amides is 1. The fourth-order valence-corrected chi connectivity index (χ4v) is 4.65. The van der Waals surface area contributed by atoms with Crippen LogP contribution in [0.1, 0.15) is 55.6 Å². The number of piperidine rings is 2. The van der Waals surface area contributed by atoms with Crippen LogP contribution in [-0.4, -0.2) is 58.5 Å². The van der Waals surface area contributed by atoms with E-state index in [1.54, 1.807) is 12.4 Å². The molecule has 2 aliphatic rings. The second-order valence-electron chi connectivity index (χ2n) is 9.48. The molecule has 0 aromatic carbocycles. The molecule has 0 aliphatic carbocycles. The first kappa shape index (κ1) is 21.8. The minimum atomic E-state index is 0.139. The zero-order valence-electron chi connectivity index (χ0n) is 18.8. The number of carbonyl (C=O) groups is 1. The lowest BCUT2D eigenvalue weighted by Gasteiger charge is -2.46. The summed E-state index contributed by atoms with van der Waals surface area (Å²) in [7, 11) is 0. The smallest absolute Gasteiger partial charge is 0.253 e. The van der Waals surface area contributed by atoms with Crippen LogP contribution in [0.25, 0.3) is 0 Å². The third kappa shape index (κ3) is 5.62. The predicted molar refractivity (Wildman–Crippen MR) is 121 cm³/mol. The molecule has 6 heteroatoms. The average Bonchev–Trinajstić information content (AvgIpc) is 2.80. The molecule has 166 valence electrons. The number of ether oxygens (including phenoxy) is 1. The van der Waals surface area contributed by atoms with Gasteiger partial charge in [0.2, 0.25) is 5.88 Å². The van der Waals surface area contributed by atoms with Crippen LogP contribution in [0.5, 0.6) is 5.88 Å². The van der Waals surface area contributed by atoms with E-state index in [9.17, 15) is 4.79 Å². The van der Waals surface area contributed by atoms with Gasteiger partial charge in [0.1, 0.15) is 0 Å². The number of pyridine rings is 2. The van der Waals surface area contributed by atoms with E-state index < -0.39 is 0 Å². The van der Waals surface area contributed by atoms with Crippen LogP contribution in [0.3, 0.4) is 0 Å². The van der Waals surface area contributed by atoms with Crippen molar-refractivity contribution in [3.8, 4) is 5.88 Å². The molecule has 6 nitrogen and oxygen atoms in total. The standard InChI is InChI=1S/C25H34N4O2/c1-20(2)19-31-23-5-3-4-22(27-23)18-28-14-8-25(9-15-28)10-16-29(17-11-25)24(30)21-6-12-26-13-7-21/h3-7,12-13,20H,8-11,14-19H2,1-2H3. The Morgan fingerprint density at radius 1 is 1.03 bits per heavy atom. The van der Waals surface area contributed by atoms with Crippen LogP contribution in [-0.2, 0) is 6.54 Å². The van der Waals surface area contributed by atoms with Gasteiger partial charge >= 0.3 is 0 Å². The molecule has 31 heavy (non-hydrogen) atoms. The highest BCUT2D eigenvalue weighted by atomic mass is 16.5. The molecule has 0 radical (unpaired) electrons. The summed E-state index contributed by atoms with van der Waals surface area (Å²) in [5, 5.41) is 0. The lowest BCUT2D eigenvalue weighted by molar-refractivity contribution is 0.0282. The summed E-state index contributed by atoms with van der Waals surface area (Å²) in [5.41, 5.74) is 2.21. The number of likely N-dealkylation sites (tertiary alicyclic amines) is 2. The quantitative estimate of drug-likeness (QED) is 0.703. The molecule has 0 bridgehead atoms. The Morgan fingerprint density at radius 2 is 1.71 bits per heavy atom. The maximum atomic E-state index is 12.7. The van der Waals surface area contributed by atoms with Gasteiger partial charge in [-0.05, 0) is 68.3 Å². The van der Waals surface area contributed by atoms with Gasteiger partial charge < -0.3 is 9.64 Å². The molecular weight excluding hydrogens is 388 g/mol. The van der Waals surface area contributed by atoms with Gasteiger partial charge in [-0.15, -0.1) is 0 Å². The van der Waals surface area contributed by atoms with E-state index in [-0.39, 0.29) is 5.91 Å². The van der Waals surface area contributed by atoms with Gasteiger partial charge in [-0.25, -0.2) is 4.98 Å². The molecule has 2 aliphatic heterocycles. The number of hydrogen-bond donors (Lipinski definition) is 0. The Morgan fingerprint density at radius 3 is 2.39 bits per heavy atom. The molecule has 0 N–H and O–H groups in total. The van der Waals surface area contributed by atoms with Crippen LogP contribution in [0.2, 0.25) is 0 Å². The van der Waals surface area contributed by atoms with Crippen molar-refractivity contribution < 1.29 is 9.53 Å². The molecule has 2 aromatic heterocycles. The van der Waals surface area contributed by atoms with Gasteiger partial charge in [-0.1, -0.05) is 19.9 Å². The van der Waals surface area contributed by atoms with Crippen molar-refractivity contribution >= 4 is 5.91 Å². The van der Waals surface area contributed by atoms with Crippen LogP contribution < -0.4 is 4.74 Å². The predicted octanol–water partition coefficient (Wildman–Crippen LogP) is 4.03. The largest absolute Gasteiger partial charge is 0.477 e. The Hall–Kier alpha value is -2.47. The Labute approximate surface area is 185 Å². The number of hydrogen-bond acceptors (Lipinski definition) is 5. The molecule has 2 fully saturated rings. The molecule has 2 aromatic rings. The van der Waals surface area contributed by atoms with Crippen LogP contribution >= 0.6 is 0 Å². The highest BCUT2D eigenvalue weighted by Gasteiger charge is 2.38. The van der Waals surface area contributed by atoms with E-state index in [1.807, 2.05) is 29.2 Å². The molecule has 4 rings (SSSR count). The zero-order valence-corrected chi connectivity index (χ0v) is 18.8. The van der Waals surface area contributed by atoms with E-state index in [4.69, 9.17) is 4.74 Å². The van der Waals surface area contributed by atoms with E-state index in [0.717, 1.165) is 62.7 Å². The first-order valence-corrected chi connectivity index (χ1v) is 11.5. The summed E-state index contributed by atoms with van der Waals surface area (Å²) in [6, 6.07) is 9.69. The summed E-state index contributed by atoms with van der Waals surface area (Å²) < 4.78 is 5.78. The molecule has 1 amide bonds. The average molecular weight is 423 g/mol. The van der Waals surface area contributed by atoms with Gasteiger partial charge in [-0.3, -0.25) is 14.7 Å². The van der Waals surface area contributed by atoms with E-state index >= 15 is 0 Å². The summed E-state index contributed by atoms with van der Waals surface area (Å²) in [4.78, 5) is 25.9. The van der Waals surface area contributed by atoms with Gasteiger partial charge in [0.15, 0.2) is 0 Å². The Bertz CT molecular complexity index is 853. The summed E-state index contributed by atoms with van der Waals surface area (Å²) in [5.74, 6) is 1.36. The number of rotatable bonds is 6. The van der Waals surface area contributed by atoms with Crippen molar-refractivity contribution in [2.24, 2.45) is 11.3 Å². The van der Waals surface area contributed by atoms with Crippen molar-refractivity contribution in [1.29, 1.82) is 0 Å². The Balaban J connectivity index is 1.26. The zero-order chi connectivity index (χ0) is 21.7. The fourth-order valence-electron chi connectivity index (χ4n) is 4.65. The molecule has 0 unspecified atom stereocenters. The second-order valence-corrected chi connectivity index (χ2v) is 9.48. The third-order valence-electron chi connectivity index (χ3n) is 6.69. The van der Waals surface area contributed by atoms with E-state index in [0.29, 0.717) is 17.9 Å². The van der Waals surface area contributed by atoms with Crippen molar-refractivity contribution in [3.63, 3.8) is 0 Å². The topological polar surface area (TPSA) is 58.6 Å². The van der Waals surface area contributed by atoms with Gasteiger partial charge in [-0.2, -0.15) is 0 Å². The maximum Gasteiger partial charge on any atom is 0.253 e. The van der Waals surface area contributed by atoms with Crippen molar-refractivity contribution in [1.82, 2.24) is 19.8 Å². The molecule has 0 saturated carbocycles. The minimum absolute atomic E-state index is 0.139. The fraction of sp³-hybridized carbons (Fsp3) is 0.560. The molecule has 0 atom stereocenters. The van der Waals surface area contributed by atoms with Crippen LogP contribution in [0.4, 0.5) is 0 Å². The first-order valence-electron chi connectivity index (χ1n) is 11.5. The van der Waals surface area contributed by atoms with Crippen molar-refractivity contribution in [2.45, 2.75) is 46.1 Å². The summed E-state index contributed by atoms with van der Waals surface area (Å²) in [6.45, 7) is 9.77. The molecule has 2 saturated heterocycles.